The number of carbonyl (C=O) groups is 1. The van der Waals surface area contributed by atoms with Crippen LogP contribution in [0.15, 0.2) is 18.2 Å². The van der Waals surface area contributed by atoms with Crippen molar-refractivity contribution in [1.29, 1.82) is 0 Å². The van der Waals surface area contributed by atoms with E-state index in [4.69, 9.17) is 10.5 Å². The number of halogens is 1. The zero-order valence-corrected chi connectivity index (χ0v) is 13.2. The lowest BCUT2D eigenvalue weighted by Crippen LogP contribution is -2.37. The molecule has 5 heteroatoms. The number of hydrogen-bond acceptors (Lipinski definition) is 3. The first kappa shape index (κ1) is 17.4. The zero-order valence-electron chi connectivity index (χ0n) is 13.2. The summed E-state index contributed by atoms with van der Waals surface area (Å²) in [5.74, 6) is -0.173. The second-order valence-corrected chi connectivity index (χ2v) is 5.71. The predicted molar refractivity (Wildman–Crippen MR) is 81.6 cm³/mol. The molecule has 1 amide bonds. The van der Waals surface area contributed by atoms with Gasteiger partial charge in [0.15, 0.2) is 17.7 Å². The monoisotopic (exact) mass is 296 g/mol. The number of nitrogens with one attached hydrogen (secondary N) is 1. The molecule has 0 saturated carbocycles. The van der Waals surface area contributed by atoms with Gasteiger partial charge in [-0.1, -0.05) is 19.9 Å². The molecule has 0 bridgehead atoms. The fourth-order valence-electron chi connectivity index (χ4n) is 1.77. The van der Waals surface area contributed by atoms with Crippen molar-refractivity contribution >= 4 is 5.91 Å². The van der Waals surface area contributed by atoms with E-state index in [-0.39, 0.29) is 17.7 Å². The fraction of sp³-hybridized carbons (Fsp3) is 0.562. The van der Waals surface area contributed by atoms with Crippen molar-refractivity contribution in [2.75, 3.05) is 6.54 Å². The number of ether oxygens (including phenoxy) is 1. The van der Waals surface area contributed by atoms with Gasteiger partial charge in [-0.2, -0.15) is 0 Å². The van der Waals surface area contributed by atoms with Crippen LogP contribution in [-0.2, 0) is 4.79 Å². The summed E-state index contributed by atoms with van der Waals surface area (Å²) in [6.45, 7) is 8.14. The fourth-order valence-corrected chi connectivity index (χ4v) is 1.77. The van der Waals surface area contributed by atoms with Crippen LogP contribution < -0.4 is 15.8 Å². The van der Waals surface area contributed by atoms with Crippen molar-refractivity contribution in [3.8, 4) is 5.75 Å². The summed E-state index contributed by atoms with van der Waals surface area (Å²) in [7, 11) is 0. The first-order valence-corrected chi connectivity index (χ1v) is 7.30. The number of rotatable bonds is 7. The Kier molecular flexibility index (Phi) is 6.62. The van der Waals surface area contributed by atoms with Gasteiger partial charge in [-0.25, -0.2) is 4.39 Å². The molecule has 118 valence electrons. The molecule has 0 aromatic heterocycles. The van der Waals surface area contributed by atoms with Crippen molar-refractivity contribution in [3.63, 3.8) is 0 Å². The van der Waals surface area contributed by atoms with E-state index in [9.17, 15) is 9.18 Å². The zero-order chi connectivity index (χ0) is 16.0. The van der Waals surface area contributed by atoms with Crippen molar-refractivity contribution in [3.05, 3.63) is 29.6 Å². The maximum absolute atomic E-state index is 13.9. The van der Waals surface area contributed by atoms with E-state index in [1.165, 1.54) is 12.1 Å². The molecule has 21 heavy (non-hydrogen) atoms. The molecule has 1 rings (SSSR count). The highest BCUT2D eigenvalue weighted by Gasteiger charge is 2.16. The first-order chi connectivity index (χ1) is 9.81. The van der Waals surface area contributed by atoms with Crippen LogP contribution >= 0.6 is 0 Å². The number of benzene rings is 1. The summed E-state index contributed by atoms with van der Waals surface area (Å²) in [6, 6.07) is 4.30. The number of hydrogen-bond donors (Lipinski definition) is 2. The Balaban J connectivity index is 2.58. The Labute approximate surface area is 125 Å². The standard InChI is InChI=1S/C16H25FN2O2/c1-10(2)7-8-19-16(20)12(4)21-15-6-5-13(11(3)18)9-14(15)17/h5-6,9-12H,7-8,18H2,1-4H3,(H,19,20)/t11-,12?/m0/s1. The molecule has 4 nitrogen and oxygen atoms in total. The minimum Gasteiger partial charge on any atom is -0.478 e. The van der Waals surface area contributed by atoms with E-state index in [0.717, 1.165) is 6.42 Å². The molecular formula is C16H25FN2O2. The second-order valence-electron chi connectivity index (χ2n) is 5.71. The van der Waals surface area contributed by atoms with Crippen molar-refractivity contribution in [2.45, 2.75) is 46.3 Å². The third-order valence-corrected chi connectivity index (χ3v) is 3.18. The van der Waals surface area contributed by atoms with Crippen molar-refractivity contribution < 1.29 is 13.9 Å². The predicted octanol–water partition coefficient (Wildman–Crippen LogP) is 2.78. The lowest BCUT2D eigenvalue weighted by atomic mass is 10.1. The lowest BCUT2D eigenvalue weighted by Gasteiger charge is -2.16. The van der Waals surface area contributed by atoms with Gasteiger partial charge in [-0.3, -0.25) is 4.79 Å². The van der Waals surface area contributed by atoms with E-state index >= 15 is 0 Å². The Morgan fingerprint density at radius 2 is 2.00 bits per heavy atom. The van der Waals surface area contributed by atoms with Crippen LogP contribution in [0.4, 0.5) is 4.39 Å². The van der Waals surface area contributed by atoms with Gasteiger partial charge in [-0.15, -0.1) is 0 Å². The van der Waals surface area contributed by atoms with E-state index in [1.54, 1.807) is 19.9 Å². The van der Waals surface area contributed by atoms with Crippen molar-refractivity contribution in [1.82, 2.24) is 5.32 Å². The van der Waals surface area contributed by atoms with E-state index < -0.39 is 11.9 Å². The summed E-state index contributed by atoms with van der Waals surface area (Å²) in [5, 5.41) is 2.78. The summed E-state index contributed by atoms with van der Waals surface area (Å²) < 4.78 is 19.3. The summed E-state index contributed by atoms with van der Waals surface area (Å²) in [5.41, 5.74) is 6.38. The molecule has 1 aromatic carbocycles. The summed E-state index contributed by atoms with van der Waals surface area (Å²) in [6.07, 6.45) is 0.156. The van der Waals surface area contributed by atoms with Gasteiger partial charge in [0.1, 0.15) is 0 Å². The smallest absolute Gasteiger partial charge is 0.260 e. The Morgan fingerprint density at radius 3 is 2.52 bits per heavy atom. The van der Waals surface area contributed by atoms with Gasteiger partial charge in [0.25, 0.3) is 5.91 Å². The van der Waals surface area contributed by atoms with Crippen LogP contribution in [0.1, 0.15) is 45.7 Å². The number of nitrogens with two attached hydrogens (primary N) is 1. The highest BCUT2D eigenvalue weighted by molar-refractivity contribution is 5.80. The normalized spacial score (nSPS) is 13.9. The Morgan fingerprint density at radius 1 is 1.33 bits per heavy atom. The molecule has 0 fully saturated rings. The van der Waals surface area contributed by atoms with Crippen LogP contribution in [-0.4, -0.2) is 18.6 Å². The quantitative estimate of drug-likeness (QED) is 0.813. The van der Waals surface area contributed by atoms with Crippen LogP contribution in [0.2, 0.25) is 0 Å². The van der Waals surface area contributed by atoms with Gasteiger partial charge < -0.3 is 15.8 Å². The molecule has 1 aromatic rings. The SMILES string of the molecule is CC(C)CCNC(=O)C(C)Oc1ccc([C@H](C)N)cc1F. The Hall–Kier alpha value is -1.62. The molecule has 2 atom stereocenters. The van der Waals surface area contributed by atoms with Crippen LogP contribution in [0.3, 0.4) is 0 Å². The maximum atomic E-state index is 13.9. The van der Waals surface area contributed by atoms with E-state index in [0.29, 0.717) is 18.0 Å². The molecule has 0 aliphatic heterocycles. The molecule has 0 spiro atoms. The van der Waals surface area contributed by atoms with Gasteiger partial charge in [-0.05, 0) is 43.9 Å². The minimum atomic E-state index is -0.743. The van der Waals surface area contributed by atoms with Crippen LogP contribution in [0.25, 0.3) is 0 Å². The van der Waals surface area contributed by atoms with E-state index in [1.807, 2.05) is 0 Å². The van der Waals surface area contributed by atoms with Crippen LogP contribution in [0.5, 0.6) is 5.75 Å². The summed E-state index contributed by atoms with van der Waals surface area (Å²) in [4.78, 5) is 11.8. The second kappa shape index (κ2) is 7.98. The highest BCUT2D eigenvalue weighted by atomic mass is 19.1. The molecule has 0 radical (unpaired) electrons. The average Bonchev–Trinajstić information content (AvgIpc) is 2.40. The third kappa shape index (κ3) is 5.71. The Bertz CT molecular complexity index is 475. The van der Waals surface area contributed by atoms with E-state index in [2.05, 4.69) is 19.2 Å². The highest BCUT2D eigenvalue weighted by Crippen LogP contribution is 2.22. The van der Waals surface area contributed by atoms with Crippen molar-refractivity contribution in [2.24, 2.45) is 11.7 Å². The first-order valence-electron chi connectivity index (χ1n) is 7.30. The molecule has 0 aliphatic rings. The number of carbonyl (C=O) groups excluding carboxylic acids is 1. The maximum Gasteiger partial charge on any atom is 0.260 e. The molecule has 1 unspecified atom stereocenters. The molecule has 0 aliphatic carbocycles. The van der Waals surface area contributed by atoms with Crippen LogP contribution in [0, 0.1) is 11.7 Å². The topological polar surface area (TPSA) is 64.3 Å². The third-order valence-electron chi connectivity index (χ3n) is 3.18. The summed E-state index contributed by atoms with van der Waals surface area (Å²) >= 11 is 0. The minimum absolute atomic E-state index is 0.0610. The molecular weight excluding hydrogens is 271 g/mol. The molecule has 0 saturated heterocycles. The van der Waals surface area contributed by atoms with Gasteiger partial charge in [0, 0.05) is 12.6 Å². The molecule has 3 N–H and O–H groups in total. The molecule has 0 heterocycles. The average molecular weight is 296 g/mol. The number of amides is 1. The lowest BCUT2D eigenvalue weighted by molar-refractivity contribution is -0.127. The van der Waals surface area contributed by atoms with Gasteiger partial charge >= 0.3 is 0 Å². The van der Waals surface area contributed by atoms with Gasteiger partial charge in [0.2, 0.25) is 0 Å². The largest absolute Gasteiger partial charge is 0.478 e. The van der Waals surface area contributed by atoms with Gasteiger partial charge in [0.05, 0.1) is 0 Å².